The van der Waals surface area contributed by atoms with Crippen LogP contribution in [0.4, 0.5) is 5.69 Å². The second-order valence-corrected chi connectivity index (χ2v) is 4.73. The average molecular weight is 278 g/mol. The summed E-state index contributed by atoms with van der Waals surface area (Å²) >= 11 is 1.52. The van der Waals surface area contributed by atoms with Gasteiger partial charge in [-0.15, -0.1) is 11.3 Å². The van der Waals surface area contributed by atoms with Crippen molar-refractivity contribution in [3.8, 4) is 0 Å². The summed E-state index contributed by atoms with van der Waals surface area (Å²) in [5.41, 5.74) is 8.48. The molecule has 0 atom stereocenters. The maximum atomic E-state index is 11.7. The van der Waals surface area contributed by atoms with E-state index in [-0.39, 0.29) is 18.0 Å². The van der Waals surface area contributed by atoms with Gasteiger partial charge in [0.1, 0.15) is 6.54 Å². The number of nitrogens with two attached hydrogens (primary N) is 1. The van der Waals surface area contributed by atoms with Crippen LogP contribution in [0.3, 0.4) is 0 Å². The van der Waals surface area contributed by atoms with Crippen LogP contribution in [0.15, 0.2) is 34.0 Å². The molecule has 0 radical (unpaired) electrons. The van der Waals surface area contributed by atoms with Crippen molar-refractivity contribution < 1.29 is 4.79 Å². The largest absolute Gasteiger partial charge is 0.398 e. The highest BCUT2D eigenvalue weighted by Crippen LogP contribution is 2.00. The highest BCUT2D eigenvalue weighted by Gasteiger charge is 2.04. The van der Waals surface area contributed by atoms with E-state index in [2.05, 4.69) is 10.3 Å². The topological polar surface area (TPSA) is 90.0 Å². The Morgan fingerprint density at radius 2 is 2.32 bits per heavy atom. The van der Waals surface area contributed by atoms with Gasteiger partial charge in [-0.25, -0.2) is 4.98 Å². The van der Waals surface area contributed by atoms with Crippen LogP contribution in [0.25, 0.3) is 0 Å². The molecule has 100 valence electrons. The molecule has 0 unspecified atom stereocenters. The third-order valence-corrected chi connectivity index (χ3v) is 3.14. The van der Waals surface area contributed by atoms with Crippen LogP contribution in [-0.2, 0) is 17.8 Å². The van der Waals surface area contributed by atoms with E-state index in [1.165, 1.54) is 34.2 Å². The number of nitrogen functional groups attached to an aromatic ring is 1. The average Bonchev–Trinajstić information content (AvgIpc) is 2.87. The van der Waals surface area contributed by atoms with Crippen LogP contribution in [-0.4, -0.2) is 22.0 Å². The first kappa shape index (κ1) is 13.3. The molecule has 0 aliphatic heterocycles. The molecule has 0 spiro atoms. The van der Waals surface area contributed by atoms with Crippen LogP contribution >= 0.6 is 11.3 Å². The second-order valence-electron chi connectivity index (χ2n) is 4.01. The van der Waals surface area contributed by atoms with Crippen molar-refractivity contribution in [1.82, 2.24) is 14.9 Å². The van der Waals surface area contributed by atoms with Gasteiger partial charge in [0, 0.05) is 36.3 Å². The molecule has 1 amide bonds. The van der Waals surface area contributed by atoms with Crippen LogP contribution in [0.5, 0.6) is 0 Å². The van der Waals surface area contributed by atoms with E-state index < -0.39 is 0 Å². The number of anilines is 1. The van der Waals surface area contributed by atoms with Crippen molar-refractivity contribution in [1.29, 1.82) is 0 Å². The van der Waals surface area contributed by atoms with Gasteiger partial charge in [0.15, 0.2) is 0 Å². The third kappa shape index (κ3) is 3.92. The molecular formula is C12H14N4O2S. The van der Waals surface area contributed by atoms with E-state index in [4.69, 9.17) is 5.73 Å². The monoisotopic (exact) mass is 278 g/mol. The minimum absolute atomic E-state index is 0.0268. The SMILES string of the molecule is Nc1ccc(=O)n(CC(=O)NCCc2cscn2)c1. The summed E-state index contributed by atoms with van der Waals surface area (Å²) in [6, 6.07) is 2.86. The number of thiazole rings is 1. The Morgan fingerprint density at radius 3 is 3.05 bits per heavy atom. The van der Waals surface area contributed by atoms with Crippen LogP contribution in [0.2, 0.25) is 0 Å². The highest BCUT2D eigenvalue weighted by molar-refractivity contribution is 7.07. The molecule has 7 heteroatoms. The Morgan fingerprint density at radius 1 is 1.47 bits per heavy atom. The molecule has 0 bridgehead atoms. The van der Waals surface area contributed by atoms with Gasteiger partial charge in [-0.3, -0.25) is 9.59 Å². The minimum Gasteiger partial charge on any atom is -0.398 e. The van der Waals surface area contributed by atoms with Crippen molar-refractivity contribution in [2.75, 3.05) is 12.3 Å². The summed E-state index contributed by atoms with van der Waals surface area (Å²) in [5.74, 6) is -0.220. The Hall–Kier alpha value is -2.15. The summed E-state index contributed by atoms with van der Waals surface area (Å²) < 4.78 is 1.29. The Bertz CT molecular complexity index is 606. The molecule has 2 rings (SSSR count). The summed E-state index contributed by atoms with van der Waals surface area (Å²) in [4.78, 5) is 27.3. The van der Waals surface area contributed by atoms with Crippen LogP contribution in [0.1, 0.15) is 5.69 Å². The maximum absolute atomic E-state index is 11.7. The predicted octanol–water partition coefficient (Wildman–Crippen LogP) is 0.246. The van der Waals surface area contributed by atoms with Gasteiger partial charge in [-0.2, -0.15) is 0 Å². The van der Waals surface area contributed by atoms with Crippen LogP contribution < -0.4 is 16.6 Å². The molecule has 0 fully saturated rings. The van der Waals surface area contributed by atoms with Crippen molar-refractivity contribution in [2.45, 2.75) is 13.0 Å². The van der Waals surface area contributed by atoms with Gasteiger partial charge < -0.3 is 15.6 Å². The molecule has 2 heterocycles. The van der Waals surface area contributed by atoms with Gasteiger partial charge in [-0.05, 0) is 6.07 Å². The fourth-order valence-corrected chi connectivity index (χ4v) is 2.17. The number of hydrogen-bond acceptors (Lipinski definition) is 5. The number of carbonyl (C=O) groups excluding carboxylic acids is 1. The van der Waals surface area contributed by atoms with Crippen molar-refractivity contribution >= 4 is 22.9 Å². The number of pyridine rings is 1. The fraction of sp³-hybridized carbons (Fsp3) is 0.250. The molecule has 0 saturated carbocycles. The fourth-order valence-electron chi connectivity index (χ4n) is 1.58. The first-order valence-corrected chi connectivity index (χ1v) is 6.69. The lowest BCUT2D eigenvalue weighted by Crippen LogP contribution is -2.33. The van der Waals surface area contributed by atoms with Gasteiger partial charge in [0.05, 0.1) is 11.2 Å². The van der Waals surface area contributed by atoms with Gasteiger partial charge in [-0.1, -0.05) is 0 Å². The van der Waals surface area contributed by atoms with E-state index in [9.17, 15) is 9.59 Å². The van der Waals surface area contributed by atoms with Gasteiger partial charge in [0.25, 0.3) is 5.56 Å². The predicted molar refractivity (Wildman–Crippen MR) is 73.9 cm³/mol. The van der Waals surface area contributed by atoms with Gasteiger partial charge in [0.2, 0.25) is 5.91 Å². The standard InChI is InChI=1S/C12H14N4O2S/c13-9-1-2-12(18)16(5-9)6-11(17)14-4-3-10-7-19-8-15-10/h1-2,5,7-8H,3-4,6,13H2,(H,14,17). The molecule has 3 N–H and O–H groups in total. The molecule has 0 saturated heterocycles. The zero-order valence-corrected chi connectivity index (χ0v) is 11.0. The maximum Gasteiger partial charge on any atom is 0.251 e. The smallest absolute Gasteiger partial charge is 0.251 e. The number of hydrogen-bond donors (Lipinski definition) is 2. The van der Waals surface area contributed by atoms with Gasteiger partial charge >= 0.3 is 0 Å². The number of nitrogens with one attached hydrogen (secondary N) is 1. The zero-order valence-electron chi connectivity index (χ0n) is 10.2. The first-order valence-electron chi connectivity index (χ1n) is 5.75. The lowest BCUT2D eigenvalue weighted by Gasteiger charge is -2.07. The molecular weight excluding hydrogens is 264 g/mol. The molecule has 0 aliphatic carbocycles. The van der Waals surface area contributed by atoms with Crippen molar-refractivity contribution in [3.05, 3.63) is 45.3 Å². The second kappa shape index (κ2) is 6.14. The molecule has 0 aliphatic rings. The lowest BCUT2D eigenvalue weighted by atomic mass is 10.3. The molecule has 19 heavy (non-hydrogen) atoms. The van der Waals surface area contributed by atoms with E-state index in [1.54, 1.807) is 5.51 Å². The number of aromatic nitrogens is 2. The third-order valence-electron chi connectivity index (χ3n) is 2.51. The summed E-state index contributed by atoms with van der Waals surface area (Å²) in [5, 5.41) is 4.68. The number of amides is 1. The summed E-state index contributed by atoms with van der Waals surface area (Å²) in [6.07, 6.45) is 2.14. The number of carbonyl (C=O) groups is 1. The lowest BCUT2D eigenvalue weighted by molar-refractivity contribution is -0.121. The molecule has 0 aromatic carbocycles. The summed E-state index contributed by atoms with van der Waals surface area (Å²) in [7, 11) is 0. The quantitative estimate of drug-likeness (QED) is 0.820. The normalized spacial score (nSPS) is 10.3. The Labute approximate surface area is 113 Å². The van der Waals surface area contributed by atoms with Crippen molar-refractivity contribution in [2.24, 2.45) is 0 Å². The van der Waals surface area contributed by atoms with Crippen molar-refractivity contribution in [3.63, 3.8) is 0 Å². The summed E-state index contributed by atoms with van der Waals surface area (Å²) in [6.45, 7) is 0.473. The van der Waals surface area contributed by atoms with E-state index >= 15 is 0 Å². The zero-order chi connectivity index (χ0) is 13.7. The molecule has 6 nitrogen and oxygen atoms in total. The Balaban J connectivity index is 1.84. The highest BCUT2D eigenvalue weighted by atomic mass is 32.1. The van der Waals surface area contributed by atoms with E-state index in [1.807, 2.05) is 5.38 Å². The van der Waals surface area contributed by atoms with Crippen LogP contribution in [0, 0.1) is 0 Å². The van der Waals surface area contributed by atoms with E-state index in [0.29, 0.717) is 18.7 Å². The number of nitrogens with zero attached hydrogens (tertiary/aromatic N) is 2. The first-order chi connectivity index (χ1) is 9.15. The number of rotatable bonds is 5. The molecule has 2 aromatic heterocycles. The minimum atomic E-state index is -0.246. The Kier molecular flexibility index (Phi) is 4.30. The van der Waals surface area contributed by atoms with E-state index in [0.717, 1.165) is 5.69 Å². The molecule has 2 aromatic rings.